The fourth-order valence-corrected chi connectivity index (χ4v) is 2.95. The van der Waals surface area contributed by atoms with E-state index in [2.05, 4.69) is 5.10 Å². The number of benzene rings is 3. The molecule has 0 fully saturated rings. The summed E-state index contributed by atoms with van der Waals surface area (Å²) in [5, 5.41) is 14.3. The van der Waals surface area contributed by atoms with Crippen LogP contribution in [0.25, 0.3) is 22.6 Å². The Kier molecular flexibility index (Phi) is 5.72. The van der Waals surface area contributed by atoms with Gasteiger partial charge in [0.25, 0.3) is 0 Å². The first kappa shape index (κ1) is 19.6. The summed E-state index contributed by atoms with van der Waals surface area (Å²) in [4.78, 5) is 12.0. The molecule has 0 amide bonds. The molecule has 1 aromatic heterocycles. The van der Waals surface area contributed by atoms with E-state index in [4.69, 9.17) is 9.15 Å². The molecule has 1 N–H and O–H groups in total. The maximum absolute atomic E-state index is 13.0. The summed E-state index contributed by atoms with van der Waals surface area (Å²) in [6, 6.07) is 22.9. The Morgan fingerprint density at radius 2 is 1.57 bits per heavy atom. The zero-order valence-electron chi connectivity index (χ0n) is 15.9. The predicted molar refractivity (Wildman–Crippen MR) is 110 cm³/mol. The summed E-state index contributed by atoms with van der Waals surface area (Å²) in [6.45, 7) is -0.110. The molecule has 0 spiro atoms. The zero-order valence-corrected chi connectivity index (χ0v) is 15.9. The number of aromatic nitrogens is 2. The molecule has 7 heteroatoms. The highest BCUT2D eigenvalue weighted by Crippen LogP contribution is 2.22. The number of ether oxygens (including phenoxy) is 1. The van der Waals surface area contributed by atoms with E-state index in [0.29, 0.717) is 11.3 Å². The Morgan fingerprint density at radius 3 is 2.27 bits per heavy atom. The fraction of sp³-hybridized carbons (Fsp3) is 0.130. The summed E-state index contributed by atoms with van der Waals surface area (Å²) in [6.07, 6.45) is -0.970. The quantitative estimate of drug-likeness (QED) is 0.506. The first-order chi connectivity index (χ1) is 14.6. The van der Waals surface area contributed by atoms with Crippen molar-refractivity contribution in [3.05, 3.63) is 95.2 Å². The van der Waals surface area contributed by atoms with Crippen LogP contribution < -0.4 is 10.5 Å². The topological polar surface area (TPSA) is 77.5 Å². The van der Waals surface area contributed by atoms with Gasteiger partial charge in [0.05, 0.1) is 6.54 Å². The Bertz CT molecular complexity index is 1150. The van der Waals surface area contributed by atoms with Crippen molar-refractivity contribution in [2.24, 2.45) is 0 Å². The van der Waals surface area contributed by atoms with Gasteiger partial charge in [-0.15, -0.1) is 5.10 Å². The van der Waals surface area contributed by atoms with Crippen LogP contribution in [-0.2, 0) is 6.54 Å². The molecule has 0 saturated carbocycles. The van der Waals surface area contributed by atoms with E-state index in [0.717, 1.165) is 15.8 Å². The summed E-state index contributed by atoms with van der Waals surface area (Å²) < 4.78 is 24.7. The van der Waals surface area contributed by atoms with Gasteiger partial charge in [0.1, 0.15) is 24.3 Å². The summed E-state index contributed by atoms with van der Waals surface area (Å²) in [5.74, 6) is -0.441. The van der Waals surface area contributed by atoms with E-state index >= 15 is 0 Å². The normalized spacial score (nSPS) is 11.9. The van der Waals surface area contributed by atoms with Crippen molar-refractivity contribution in [1.29, 1.82) is 0 Å². The van der Waals surface area contributed by atoms with Crippen LogP contribution in [0.1, 0.15) is 0 Å². The van der Waals surface area contributed by atoms with Gasteiger partial charge < -0.3 is 14.3 Å². The van der Waals surface area contributed by atoms with E-state index in [-0.39, 0.29) is 19.0 Å². The van der Waals surface area contributed by atoms with E-state index in [1.54, 1.807) is 0 Å². The number of hydrogen-bond acceptors (Lipinski definition) is 5. The van der Waals surface area contributed by atoms with Crippen LogP contribution in [-0.4, -0.2) is 27.6 Å². The van der Waals surface area contributed by atoms with Crippen molar-refractivity contribution in [2.45, 2.75) is 12.6 Å². The van der Waals surface area contributed by atoms with Crippen LogP contribution in [0.4, 0.5) is 4.39 Å². The van der Waals surface area contributed by atoms with Crippen molar-refractivity contribution < 1.29 is 18.7 Å². The molecule has 152 valence electrons. The Balaban J connectivity index is 1.35. The molecular formula is C23H19FN2O4. The molecule has 3 aromatic carbocycles. The van der Waals surface area contributed by atoms with Crippen LogP contribution in [0.5, 0.6) is 5.75 Å². The lowest BCUT2D eigenvalue weighted by atomic mass is 10.1. The summed E-state index contributed by atoms with van der Waals surface area (Å²) in [7, 11) is 0. The number of hydrogen-bond donors (Lipinski definition) is 1. The maximum Gasteiger partial charge on any atom is 0.437 e. The Morgan fingerprint density at radius 1 is 0.933 bits per heavy atom. The lowest BCUT2D eigenvalue weighted by molar-refractivity contribution is 0.0875. The van der Waals surface area contributed by atoms with Crippen molar-refractivity contribution in [3.63, 3.8) is 0 Å². The highest BCUT2D eigenvalue weighted by molar-refractivity contribution is 5.63. The second-order valence-electron chi connectivity index (χ2n) is 6.72. The lowest BCUT2D eigenvalue weighted by Crippen LogP contribution is -2.29. The fourth-order valence-electron chi connectivity index (χ4n) is 2.95. The summed E-state index contributed by atoms with van der Waals surface area (Å²) >= 11 is 0. The first-order valence-corrected chi connectivity index (χ1v) is 9.39. The maximum atomic E-state index is 13.0. The Hall–Kier alpha value is -3.71. The smallest absolute Gasteiger partial charge is 0.437 e. The Labute approximate surface area is 171 Å². The predicted octanol–water partition coefficient (Wildman–Crippen LogP) is 3.75. The molecule has 1 unspecified atom stereocenters. The minimum Gasteiger partial charge on any atom is -0.491 e. The third-order valence-electron chi connectivity index (χ3n) is 4.48. The minimum absolute atomic E-state index is 0.0180. The number of aliphatic hydroxyl groups is 1. The van der Waals surface area contributed by atoms with Gasteiger partial charge in [-0.2, -0.15) is 4.68 Å². The van der Waals surface area contributed by atoms with Gasteiger partial charge in [0, 0.05) is 5.56 Å². The van der Waals surface area contributed by atoms with Crippen LogP contribution >= 0.6 is 0 Å². The van der Waals surface area contributed by atoms with Gasteiger partial charge in [-0.1, -0.05) is 42.5 Å². The molecule has 4 aromatic rings. The molecule has 0 aliphatic carbocycles. The van der Waals surface area contributed by atoms with Crippen LogP contribution in [0.3, 0.4) is 0 Å². The lowest BCUT2D eigenvalue weighted by Gasteiger charge is -2.12. The number of nitrogens with zero attached hydrogens (tertiary/aromatic N) is 2. The molecule has 0 aliphatic rings. The molecule has 0 saturated heterocycles. The second kappa shape index (κ2) is 8.75. The van der Waals surface area contributed by atoms with Gasteiger partial charge in [-0.3, -0.25) is 0 Å². The van der Waals surface area contributed by atoms with Crippen molar-refractivity contribution >= 4 is 0 Å². The molecular weight excluding hydrogens is 387 g/mol. The molecule has 30 heavy (non-hydrogen) atoms. The van der Waals surface area contributed by atoms with Crippen molar-refractivity contribution in [2.75, 3.05) is 6.61 Å². The molecule has 4 rings (SSSR count). The summed E-state index contributed by atoms with van der Waals surface area (Å²) in [5.41, 5.74) is 2.63. The van der Waals surface area contributed by atoms with E-state index in [1.165, 1.54) is 24.3 Å². The SMILES string of the molecule is O=c1oc(-c2ccc(F)cc2)nn1CC(O)COc1ccc(-c2ccccc2)cc1. The second-order valence-corrected chi connectivity index (χ2v) is 6.72. The van der Waals surface area contributed by atoms with E-state index in [1.807, 2.05) is 54.6 Å². The molecule has 0 bridgehead atoms. The molecule has 0 aliphatic heterocycles. The highest BCUT2D eigenvalue weighted by atomic mass is 19.1. The number of aliphatic hydroxyl groups excluding tert-OH is 1. The van der Waals surface area contributed by atoms with E-state index in [9.17, 15) is 14.3 Å². The molecule has 1 heterocycles. The average Bonchev–Trinajstić information content (AvgIpc) is 3.14. The van der Waals surface area contributed by atoms with Gasteiger partial charge in [-0.05, 0) is 47.5 Å². The van der Waals surface area contributed by atoms with Crippen molar-refractivity contribution in [1.82, 2.24) is 9.78 Å². The van der Waals surface area contributed by atoms with Crippen LogP contribution in [0.2, 0.25) is 0 Å². The van der Waals surface area contributed by atoms with Gasteiger partial charge >= 0.3 is 5.76 Å². The molecule has 6 nitrogen and oxygen atoms in total. The first-order valence-electron chi connectivity index (χ1n) is 9.39. The standard InChI is InChI=1S/C23H19FN2O4/c24-19-10-6-18(7-11-19)22-25-26(23(28)30-22)14-20(27)15-29-21-12-8-17(9-13-21)16-4-2-1-3-5-16/h1-13,20,27H,14-15H2. The average molecular weight is 406 g/mol. The number of rotatable bonds is 7. The number of halogens is 1. The van der Waals surface area contributed by atoms with Crippen LogP contribution in [0.15, 0.2) is 88.1 Å². The minimum atomic E-state index is -0.970. The largest absolute Gasteiger partial charge is 0.491 e. The van der Waals surface area contributed by atoms with Crippen LogP contribution in [0, 0.1) is 5.82 Å². The van der Waals surface area contributed by atoms with Gasteiger partial charge in [-0.25, -0.2) is 9.18 Å². The van der Waals surface area contributed by atoms with Gasteiger partial charge in [0.2, 0.25) is 5.89 Å². The molecule has 1 atom stereocenters. The highest BCUT2D eigenvalue weighted by Gasteiger charge is 2.14. The van der Waals surface area contributed by atoms with Crippen molar-refractivity contribution in [3.8, 4) is 28.3 Å². The third-order valence-corrected chi connectivity index (χ3v) is 4.48. The van der Waals surface area contributed by atoms with E-state index < -0.39 is 17.7 Å². The zero-order chi connectivity index (χ0) is 20.9. The monoisotopic (exact) mass is 406 g/mol. The third kappa shape index (κ3) is 4.64. The van der Waals surface area contributed by atoms with Gasteiger partial charge in [0.15, 0.2) is 0 Å². The molecule has 0 radical (unpaired) electrons.